The predicted molar refractivity (Wildman–Crippen MR) is 146 cm³/mol. The van der Waals surface area contributed by atoms with Crippen molar-refractivity contribution in [1.82, 2.24) is 14.9 Å². The van der Waals surface area contributed by atoms with Gasteiger partial charge in [-0.15, -0.1) is 11.8 Å². The standard InChI is InChI=1S/C29H33N3O3S/c1-29(2,3)24-14-21(10-12-27(24)33)35-22-9-11-25-26(15-22)32(4)28(31-25)17-34-20-7-5-19(6-8-20)13-23-16-30-18-36-23/h5-12,14-15,23,30,33H,13,16-18H2,1-4H3. The molecule has 2 N–H and O–H groups in total. The minimum atomic E-state index is -0.183. The maximum absolute atomic E-state index is 10.2. The molecule has 36 heavy (non-hydrogen) atoms. The number of phenolic OH excluding ortho intramolecular Hbond substituents is 1. The van der Waals surface area contributed by atoms with Gasteiger partial charge in [-0.2, -0.15) is 0 Å². The summed E-state index contributed by atoms with van der Waals surface area (Å²) in [5.74, 6) is 4.42. The van der Waals surface area contributed by atoms with Crippen LogP contribution in [0, 0.1) is 0 Å². The number of thioether (sulfide) groups is 1. The van der Waals surface area contributed by atoms with Crippen LogP contribution in [0.4, 0.5) is 0 Å². The number of ether oxygens (including phenoxy) is 2. The summed E-state index contributed by atoms with van der Waals surface area (Å²) in [7, 11) is 1.99. The number of hydrogen-bond donors (Lipinski definition) is 2. The molecule has 0 radical (unpaired) electrons. The van der Waals surface area contributed by atoms with Crippen molar-refractivity contribution in [2.24, 2.45) is 7.05 Å². The SMILES string of the molecule is Cn1c(COc2ccc(CC3CNCS3)cc2)nc2ccc(Oc3ccc(O)c(C(C)(C)C)c3)cc21. The van der Waals surface area contributed by atoms with Gasteiger partial charge in [0, 0.05) is 36.3 Å². The molecular formula is C29H33N3O3S. The fraction of sp³-hybridized carbons (Fsp3) is 0.345. The molecule has 0 saturated carbocycles. The Morgan fingerprint density at radius 2 is 1.75 bits per heavy atom. The highest BCUT2D eigenvalue weighted by Gasteiger charge is 2.19. The van der Waals surface area contributed by atoms with E-state index in [1.54, 1.807) is 12.1 Å². The summed E-state index contributed by atoms with van der Waals surface area (Å²) in [4.78, 5) is 4.76. The number of aromatic nitrogens is 2. The molecule has 5 rings (SSSR count). The van der Waals surface area contributed by atoms with E-state index in [4.69, 9.17) is 14.5 Å². The van der Waals surface area contributed by atoms with Gasteiger partial charge in [-0.05, 0) is 59.9 Å². The third-order valence-corrected chi connectivity index (χ3v) is 7.68. The molecule has 1 aliphatic heterocycles. The van der Waals surface area contributed by atoms with E-state index in [1.165, 1.54) is 5.56 Å². The summed E-state index contributed by atoms with van der Waals surface area (Å²) in [6.07, 6.45) is 1.08. The Bertz CT molecular complexity index is 1350. The topological polar surface area (TPSA) is 68.5 Å². The van der Waals surface area contributed by atoms with E-state index in [-0.39, 0.29) is 11.2 Å². The van der Waals surface area contributed by atoms with Crippen molar-refractivity contribution in [3.63, 3.8) is 0 Å². The molecule has 0 bridgehead atoms. The van der Waals surface area contributed by atoms with Gasteiger partial charge in [0.05, 0.1) is 11.0 Å². The number of hydrogen-bond acceptors (Lipinski definition) is 6. The second kappa shape index (κ2) is 10.1. The maximum Gasteiger partial charge on any atom is 0.147 e. The molecule has 188 valence electrons. The fourth-order valence-electron chi connectivity index (χ4n) is 4.45. The number of nitrogens with zero attached hydrogens (tertiary/aromatic N) is 2. The molecule has 1 aliphatic rings. The first-order valence-corrected chi connectivity index (χ1v) is 13.3. The first-order valence-electron chi connectivity index (χ1n) is 12.3. The van der Waals surface area contributed by atoms with E-state index < -0.39 is 0 Å². The van der Waals surface area contributed by atoms with Crippen LogP contribution in [-0.4, -0.2) is 32.3 Å². The van der Waals surface area contributed by atoms with Crippen LogP contribution in [0.2, 0.25) is 0 Å². The first kappa shape index (κ1) is 24.5. The average molecular weight is 504 g/mol. The van der Waals surface area contributed by atoms with Crippen molar-refractivity contribution >= 4 is 22.8 Å². The molecule has 0 amide bonds. The lowest BCUT2D eigenvalue weighted by atomic mass is 9.86. The van der Waals surface area contributed by atoms with Crippen molar-refractivity contribution in [3.05, 3.63) is 77.6 Å². The zero-order valence-electron chi connectivity index (χ0n) is 21.2. The zero-order chi connectivity index (χ0) is 25.3. The van der Waals surface area contributed by atoms with Gasteiger partial charge in [0.15, 0.2) is 0 Å². The number of aryl methyl sites for hydroxylation is 1. The van der Waals surface area contributed by atoms with Gasteiger partial charge in [0.2, 0.25) is 0 Å². The van der Waals surface area contributed by atoms with E-state index in [1.807, 2.05) is 59.8 Å². The first-order chi connectivity index (χ1) is 17.3. The van der Waals surface area contributed by atoms with Gasteiger partial charge in [0.1, 0.15) is 35.4 Å². The number of benzene rings is 3. The van der Waals surface area contributed by atoms with E-state index in [9.17, 15) is 5.11 Å². The lowest BCUT2D eigenvalue weighted by Gasteiger charge is -2.21. The van der Waals surface area contributed by atoms with Crippen LogP contribution in [0.1, 0.15) is 37.7 Å². The molecule has 2 heterocycles. The molecule has 1 saturated heterocycles. The molecule has 1 fully saturated rings. The van der Waals surface area contributed by atoms with E-state index in [0.717, 1.165) is 52.8 Å². The number of imidazole rings is 1. The third-order valence-electron chi connectivity index (χ3n) is 6.50. The van der Waals surface area contributed by atoms with Crippen LogP contribution in [0.15, 0.2) is 60.7 Å². The van der Waals surface area contributed by atoms with Crippen LogP contribution in [0.3, 0.4) is 0 Å². The molecule has 1 aromatic heterocycles. The number of nitrogens with one attached hydrogen (secondary N) is 1. The number of phenols is 1. The van der Waals surface area contributed by atoms with Gasteiger partial charge < -0.3 is 24.5 Å². The van der Waals surface area contributed by atoms with Gasteiger partial charge in [0.25, 0.3) is 0 Å². The smallest absolute Gasteiger partial charge is 0.147 e. The Kier molecular flexibility index (Phi) is 6.86. The fourth-order valence-corrected chi connectivity index (χ4v) is 5.46. The lowest BCUT2D eigenvalue weighted by Crippen LogP contribution is -2.14. The minimum Gasteiger partial charge on any atom is -0.508 e. The quantitative estimate of drug-likeness (QED) is 0.315. The Labute approximate surface area is 216 Å². The molecule has 6 nitrogen and oxygen atoms in total. The number of aromatic hydroxyl groups is 1. The molecule has 1 atom stereocenters. The van der Waals surface area contributed by atoms with Crippen LogP contribution < -0.4 is 14.8 Å². The summed E-state index contributed by atoms with van der Waals surface area (Å²) in [5, 5.41) is 14.3. The maximum atomic E-state index is 10.2. The third kappa shape index (κ3) is 5.47. The molecule has 0 aliphatic carbocycles. The van der Waals surface area contributed by atoms with Gasteiger partial charge >= 0.3 is 0 Å². The van der Waals surface area contributed by atoms with Gasteiger partial charge in [-0.3, -0.25) is 0 Å². The highest BCUT2D eigenvalue weighted by atomic mass is 32.2. The summed E-state index contributed by atoms with van der Waals surface area (Å²) >= 11 is 1.98. The zero-order valence-corrected chi connectivity index (χ0v) is 22.1. The Morgan fingerprint density at radius 1 is 1.03 bits per heavy atom. The normalized spacial score (nSPS) is 15.9. The van der Waals surface area contributed by atoms with Gasteiger partial charge in [-0.1, -0.05) is 32.9 Å². The Hall–Kier alpha value is -3.16. The number of rotatable bonds is 7. The highest BCUT2D eigenvalue weighted by molar-refractivity contribution is 8.00. The minimum absolute atomic E-state index is 0.183. The molecule has 1 unspecified atom stereocenters. The second-order valence-corrected chi connectivity index (χ2v) is 11.6. The Morgan fingerprint density at radius 3 is 2.47 bits per heavy atom. The summed E-state index contributed by atoms with van der Waals surface area (Å²) in [6, 6.07) is 19.6. The van der Waals surface area contributed by atoms with Crippen molar-refractivity contribution < 1.29 is 14.6 Å². The van der Waals surface area contributed by atoms with Crippen molar-refractivity contribution in [3.8, 4) is 23.0 Å². The molecule has 3 aromatic carbocycles. The van der Waals surface area contributed by atoms with Crippen molar-refractivity contribution in [1.29, 1.82) is 0 Å². The summed E-state index contributed by atoms with van der Waals surface area (Å²) in [5.41, 5.74) is 3.86. The van der Waals surface area contributed by atoms with E-state index in [2.05, 4.69) is 38.2 Å². The summed E-state index contributed by atoms with van der Waals surface area (Å²) in [6.45, 7) is 7.67. The average Bonchev–Trinajstić information content (AvgIpc) is 3.47. The molecule has 0 spiro atoms. The van der Waals surface area contributed by atoms with Crippen LogP contribution in [-0.2, 0) is 25.5 Å². The van der Waals surface area contributed by atoms with Crippen molar-refractivity contribution in [2.45, 2.75) is 44.5 Å². The highest BCUT2D eigenvalue weighted by Crippen LogP contribution is 2.35. The van der Waals surface area contributed by atoms with Crippen molar-refractivity contribution in [2.75, 3.05) is 12.4 Å². The number of fused-ring (bicyclic) bond motifs is 1. The Balaban J connectivity index is 1.27. The predicted octanol–water partition coefficient (Wildman–Crippen LogP) is 6.15. The monoisotopic (exact) mass is 503 g/mol. The second-order valence-electron chi connectivity index (χ2n) is 10.3. The van der Waals surface area contributed by atoms with Crippen LogP contribution in [0.5, 0.6) is 23.0 Å². The lowest BCUT2D eigenvalue weighted by molar-refractivity contribution is 0.292. The summed E-state index contributed by atoms with van der Waals surface area (Å²) < 4.78 is 14.2. The van der Waals surface area contributed by atoms with E-state index >= 15 is 0 Å². The largest absolute Gasteiger partial charge is 0.508 e. The van der Waals surface area contributed by atoms with Gasteiger partial charge in [-0.25, -0.2) is 4.98 Å². The molecule has 7 heteroatoms. The molecular weight excluding hydrogens is 470 g/mol. The van der Waals surface area contributed by atoms with E-state index in [0.29, 0.717) is 17.6 Å². The van der Waals surface area contributed by atoms with Crippen LogP contribution in [0.25, 0.3) is 11.0 Å². The van der Waals surface area contributed by atoms with Crippen LogP contribution >= 0.6 is 11.8 Å². The molecule has 4 aromatic rings.